The van der Waals surface area contributed by atoms with Gasteiger partial charge in [0.1, 0.15) is 39.1 Å². The number of pyridine rings is 1. The zero-order chi connectivity index (χ0) is 20.3. The second kappa shape index (κ2) is 6.29. The fourth-order valence-corrected chi connectivity index (χ4v) is 5.38. The van der Waals surface area contributed by atoms with Gasteiger partial charge in [0.25, 0.3) is 5.56 Å². The highest BCUT2D eigenvalue weighted by atomic mass is 32.1. The maximum atomic E-state index is 13.6. The molecular formula is C21H19FN4O2S. The van der Waals surface area contributed by atoms with Gasteiger partial charge in [-0.05, 0) is 25.1 Å². The van der Waals surface area contributed by atoms with Gasteiger partial charge < -0.3 is 14.2 Å². The van der Waals surface area contributed by atoms with Crippen LogP contribution in [-0.2, 0) is 13.5 Å². The highest BCUT2D eigenvalue weighted by Crippen LogP contribution is 2.43. The number of anilines is 1. The average Bonchev–Trinajstić information content (AvgIpc) is 3.25. The maximum absolute atomic E-state index is 13.6. The standard InChI is InChI=1S/C21H19FN4O2S/c1-12-24-17-18(15(11-23)19(27)25(2)20(17)29-12)26-7-5-21(6-8-26)10-13-9-14(22)3-4-16(13)28-21/h3-4,9H,5-8,10H2,1-2H3. The molecule has 29 heavy (non-hydrogen) atoms. The summed E-state index contributed by atoms with van der Waals surface area (Å²) in [4.78, 5) is 20.2. The Morgan fingerprint density at radius 2 is 2.10 bits per heavy atom. The molecule has 0 bridgehead atoms. The number of hydrogen-bond donors (Lipinski definition) is 0. The quantitative estimate of drug-likeness (QED) is 0.616. The molecule has 2 aromatic heterocycles. The molecule has 1 saturated heterocycles. The topological polar surface area (TPSA) is 71.2 Å². The molecule has 4 heterocycles. The number of benzene rings is 1. The van der Waals surface area contributed by atoms with Crippen LogP contribution in [0.15, 0.2) is 23.0 Å². The Bertz CT molecular complexity index is 1250. The highest BCUT2D eigenvalue weighted by Gasteiger charge is 2.43. The van der Waals surface area contributed by atoms with Crippen molar-refractivity contribution in [1.82, 2.24) is 9.55 Å². The van der Waals surface area contributed by atoms with E-state index >= 15 is 0 Å². The third-order valence-corrected chi connectivity index (χ3v) is 7.01. The Morgan fingerprint density at radius 1 is 1.34 bits per heavy atom. The van der Waals surface area contributed by atoms with E-state index in [0.717, 1.165) is 34.0 Å². The highest BCUT2D eigenvalue weighted by molar-refractivity contribution is 7.18. The van der Waals surface area contributed by atoms with Crippen molar-refractivity contribution in [1.29, 1.82) is 5.26 Å². The smallest absolute Gasteiger partial charge is 0.271 e. The molecule has 0 radical (unpaired) electrons. The molecule has 0 N–H and O–H groups in total. The summed E-state index contributed by atoms with van der Waals surface area (Å²) in [5.74, 6) is 0.505. The lowest BCUT2D eigenvalue weighted by Crippen LogP contribution is -2.48. The van der Waals surface area contributed by atoms with Crippen molar-refractivity contribution >= 4 is 27.4 Å². The van der Waals surface area contributed by atoms with Gasteiger partial charge >= 0.3 is 0 Å². The monoisotopic (exact) mass is 410 g/mol. The molecule has 0 amide bonds. The molecule has 2 aliphatic rings. The summed E-state index contributed by atoms with van der Waals surface area (Å²) in [5.41, 5.74) is 1.74. The SMILES string of the molecule is Cc1nc2c(N3CCC4(CC3)Cc3cc(F)ccc3O4)c(C#N)c(=O)n(C)c2s1. The molecule has 8 heteroatoms. The van der Waals surface area contributed by atoms with Gasteiger partial charge in [0.15, 0.2) is 0 Å². The Kier molecular flexibility index (Phi) is 3.93. The minimum absolute atomic E-state index is 0.138. The van der Waals surface area contributed by atoms with Crippen LogP contribution in [0.5, 0.6) is 5.75 Å². The molecule has 1 spiro atoms. The molecule has 2 aliphatic heterocycles. The number of rotatable bonds is 1. The van der Waals surface area contributed by atoms with Crippen molar-refractivity contribution in [2.45, 2.75) is 31.8 Å². The summed E-state index contributed by atoms with van der Waals surface area (Å²) >= 11 is 1.46. The molecule has 148 valence electrons. The summed E-state index contributed by atoms with van der Waals surface area (Å²) in [6.07, 6.45) is 2.14. The van der Waals surface area contributed by atoms with Crippen LogP contribution in [0.25, 0.3) is 10.3 Å². The molecule has 0 saturated carbocycles. The first-order valence-electron chi connectivity index (χ1n) is 9.53. The number of nitriles is 1. The number of piperidine rings is 1. The van der Waals surface area contributed by atoms with Crippen LogP contribution in [0.1, 0.15) is 29.0 Å². The first kappa shape index (κ1) is 18.1. The van der Waals surface area contributed by atoms with Crippen molar-refractivity contribution in [3.8, 4) is 11.8 Å². The van der Waals surface area contributed by atoms with Crippen LogP contribution in [0.4, 0.5) is 10.1 Å². The van der Waals surface area contributed by atoms with Gasteiger partial charge in [0, 0.05) is 45.0 Å². The van der Waals surface area contributed by atoms with Gasteiger partial charge in [-0.15, -0.1) is 11.3 Å². The van der Waals surface area contributed by atoms with Crippen molar-refractivity contribution in [2.75, 3.05) is 18.0 Å². The molecule has 3 aromatic rings. The lowest BCUT2D eigenvalue weighted by Gasteiger charge is -2.40. The number of aryl methyl sites for hydroxylation is 2. The number of hydrogen-bond acceptors (Lipinski definition) is 6. The van der Waals surface area contributed by atoms with E-state index in [4.69, 9.17) is 4.74 Å². The fourth-order valence-electron chi connectivity index (χ4n) is 4.51. The summed E-state index contributed by atoms with van der Waals surface area (Å²) in [7, 11) is 1.68. The van der Waals surface area contributed by atoms with Gasteiger partial charge in [-0.2, -0.15) is 5.26 Å². The average molecular weight is 410 g/mol. The zero-order valence-electron chi connectivity index (χ0n) is 16.2. The zero-order valence-corrected chi connectivity index (χ0v) is 17.0. The predicted molar refractivity (Wildman–Crippen MR) is 109 cm³/mol. The number of fused-ring (bicyclic) bond motifs is 2. The van der Waals surface area contributed by atoms with Crippen LogP contribution in [0, 0.1) is 24.1 Å². The van der Waals surface area contributed by atoms with Gasteiger partial charge in [0.05, 0.1) is 10.7 Å². The van der Waals surface area contributed by atoms with Gasteiger partial charge in [-0.1, -0.05) is 0 Å². The second-order valence-electron chi connectivity index (χ2n) is 7.79. The molecule has 0 unspecified atom stereocenters. The molecule has 1 fully saturated rings. The van der Waals surface area contributed by atoms with Crippen LogP contribution < -0.4 is 15.2 Å². The normalized spacial score (nSPS) is 17.4. The molecule has 0 aliphatic carbocycles. The number of nitrogens with zero attached hydrogens (tertiary/aromatic N) is 4. The van der Waals surface area contributed by atoms with Gasteiger partial charge in [-0.3, -0.25) is 4.79 Å². The minimum atomic E-state index is -0.351. The Morgan fingerprint density at radius 3 is 2.83 bits per heavy atom. The van der Waals surface area contributed by atoms with E-state index in [-0.39, 0.29) is 22.5 Å². The summed E-state index contributed by atoms with van der Waals surface area (Å²) in [6, 6.07) is 6.77. The first-order valence-corrected chi connectivity index (χ1v) is 10.3. The Labute approximate surface area is 170 Å². The van der Waals surface area contributed by atoms with Crippen molar-refractivity contribution in [3.63, 3.8) is 0 Å². The second-order valence-corrected chi connectivity index (χ2v) is 8.97. The number of ether oxygens (including phenoxy) is 1. The number of thiazole rings is 1. The molecule has 1 aromatic carbocycles. The summed E-state index contributed by atoms with van der Waals surface area (Å²) in [6.45, 7) is 3.19. The van der Waals surface area contributed by atoms with Gasteiger partial charge in [-0.25, -0.2) is 9.37 Å². The van der Waals surface area contributed by atoms with Crippen LogP contribution in [0.2, 0.25) is 0 Å². The van der Waals surface area contributed by atoms with Crippen LogP contribution >= 0.6 is 11.3 Å². The van der Waals surface area contributed by atoms with E-state index in [0.29, 0.717) is 30.7 Å². The van der Waals surface area contributed by atoms with E-state index in [9.17, 15) is 14.4 Å². The van der Waals surface area contributed by atoms with E-state index in [1.165, 1.54) is 22.0 Å². The first-order chi connectivity index (χ1) is 13.9. The fraction of sp³-hybridized carbons (Fsp3) is 0.381. The van der Waals surface area contributed by atoms with Gasteiger partial charge in [0.2, 0.25) is 0 Å². The van der Waals surface area contributed by atoms with E-state index < -0.39 is 0 Å². The Balaban J connectivity index is 1.49. The predicted octanol–water partition coefficient (Wildman–Crippen LogP) is 3.29. The number of aromatic nitrogens is 2. The largest absolute Gasteiger partial charge is 0.487 e. The van der Waals surface area contributed by atoms with Crippen molar-refractivity contribution < 1.29 is 9.13 Å². The summed E-state index contributed by atoms with van der Waals surface area (Å²) in [5, 5.41) is 10.6. The minimum Gasteiger partial charge on any atom is -0.487 e. The van der Waals surface area contributed by atoms with Crippen molar-refractivity contribution in [3.05, 3.63) is 50.5 Å². The Hall–Kier alpha value is -2.92. The number of halogens is 1. The summed E-state index contributed by atoms with van der Waals surface area (Å²) < 4.78 is 21.3. The lowest BCUT2D eigenvalue weighted by atomic mass is 9.86. The van der Waals surface area contributed by atoms with E-state index in [1.807, 2.05) is 6.92 Å². The molecule has 0 atom stereocenters. The van der Waals surface area contributed by atoms with E-state index in [2.05, 4.69) is 16.0 Å². The van der Waals surface area contributed by atoms with E-state index in [1.54, 1.807) is 19.2 Å². The third-order valence-electron chi connectivity index (χ3n) is 5.96. The third kappa shape index (κ3) is 2.72. The van der Waals surface area contributed by atoms with Crippen LogP contribution in [0.3, 0.4) is 0 Å². The molecular weight excluding hydrogens is 391 g/mol. The lowest BCUT2D eigenvalue weighted by molar-refractivity contribution is 0.0668. The molecule has 5 rings (SSSR count). The van der Waals surface area contributed by atoms with Crippen molar-refractivity contribution in [2.24, 2.45) is 7.05 Å². The maximum Gasteiger partial charge on any atom is 0.271 e. The molecule has 6 nitrogen and oxygen atoms in total. The van der Waals surface area contributed by atoms with Crippen LogP contribution in [-0.4, -0.2) is 28.2 Å².